The Kier molecular flexibility index (Phi) is 5.69. The second kappa shape index (κ2) is 6.23. The van der Waals surface area contributed by atoms with Gasteiger partial charge in [0.05, 0.1) is 0 Å². The zero-order valence-electron chi connectivity index (χ0n) is 8.27. The molecule has 0 aliphatic heterocycles. The predicted molar refractivity (Wildman–Crippen MR) is 52.8 cm³/mol. The van der Waals surface area contributed by atoms with Crippen molar-refractivity contribution in [1.82, 2.24) is 4.42 Å². The molecule has 0 aliphatic carbocycles. The number of rotatable bonds is 6. The molecule has 0 aromatic carbocycles. The number of carboxylic acids is 1. The van der Waals surface area contributed by atoms with Gasteiger partial charge in [0, 0.05) is 24.6 Å². The number of nitrogens with zero attached hydrogens (tertiary/aromatic N) is 1. The lowest BCUT2D eigenvalue weighted by Crippen LogP contribution is -2.39. The topological polar surface area (TPSA) is 101 Å². The first kappa shape index (κ1) is 13.7. The molecular weight excluding hydrogens is 224 g/mol. The molecule has 0 unspecified atom stereocenters. The Labute approximate surface area is 92.1 Å². The number of nitrogens with two attached hydrogens (primary N) is 1. The highest BCUT2D eigenvalue weighted by Crippen LogP contribution is 2.12. The highest BCUT2D eigenvalue weighted by atomic mass is 35.5. The van der Waals surface area contributed by atoms with E-state index in [9.17, 15) is 14.4 Å². The minimum atomic E-state index is -1.26. The summed E-state index contributed by atoms with van der Waals surface area (Å²) >= 11 is 5.53. The van der Waals surface area contributed by atoms with Gasteiger partial charge in [-0.25, -0.2) is 9.21 Å². The van der Waals surface area contributed by atoms with Crippen LogP contribution in [0.2, 0.25) is 0 Å². The van der Waals surface area contributed by atoms with Crippen molar-refractivity contribution in [2.45, 2.75) is 32.2 Å². The van der Waals surface area contributed by atoms with Crippen LogP contribution in [0.15, 0.2) is 0 Å². The Morgan fingerprint density at radius 3 is 2.33 bits per heavy atom. The lowest BCUT2D eigenvalue weighted by atomic mass is 10.1. The molecule has 3 N–H and O–H groups in total. The molecule has 0 aromatic rings. The van der Waals surface area contributed by atoms with Gasteiger partial charge in [0.25, 0.3) is 0 Å². The number of carboxylic acid groups (broad SMARTS) is 1. The summed E-state index contributed by atoms with van der Waals surface area (Å²) in [7, 11) is 0. The van der Waals surface area contributed by atoms with Crippen molar-refractivity contribution in [2.24, 2.45) is 5.73 Å². The van der Waals surface area contributed by atoms with Crippen molar-refractivity contribution in [3.05, 3.63) is 0 Å². The fourth-order valence-electron chi connectivity index (χ4n) is 0.938. The third-order valence-electron chi connectivity index (χ3n) is 1.76. The fraction of sp³-hybridized carbons (Fsp3) is 0.625. The van der Waals surface area contributed by atoms with Gasteiger partial charge in [0.1, 0.15) is 6.04 Å². The van der Waals surface area contributed by atoms with Gasteiger partial charge in [-0.2, -0.15) is 0 Å². The molecule has 86 valence electrons. The highest BCUT2D eigenvalue weighted by Gasteiger charge is 2.27. The molecule has 0 saturated heterocycles. The molecule has 0 saturated carbocycles. The Bertz CT molecular complexity index is 269. The van der Waals surface area contributed by atoms with E-state index in [-0.39, 0.29) is 19.3 Å². The Morgan fingerprint density at radius 2 is 2.00 bits per heavy atom. The maximum atomic E-state index is 11.1. The predicted octanol–water partition coefficient (Wildman–Crippen LogP) is 0.0975. The Hall–Kier alpha value is -1.30. The number of primary amides is 1. The van der Waals surface area contributed by atoms with Gasteiger partial charge in [-0.3, -0.25) is 9.59 Å². The quantitative estimate of drug-likeness (QED) is 0.639. The van der Waals surface area contributed by atoms with Crippen molar-refractivity contribution in [2.75, 3.05) is 0 Å². The highest BCUT2D eigenvalue weighted by molar-refractivity contribution is 6.22. The second-order valence-electron chi connectivity index (χ2n) is 2.92. The monoisotopic (exact) mass is 236 g/mol. The number of hydrogen-bond donors (Lipinski definition) is 2. The van der Waals surface area contributed by atoms with E-state index >= 15 is 0 Å². The summed E-state index contributed by atoms with van der Waals surface area (Å²) in [6.45, 7) is 1.56. The van der Waals surface area contributed by atoms with Crippen LogP contribution >= 0.6 is 11.8 Å². The van der Waals surface area contributed by atoms with Crippen LogP contribution < -0.4 is 5.73 Å². The maximum Gasteiger partial charge on any atom is 0.327 e. The molecule has 0 radical (unpaired) electrons. The van der Waals surface area contributed by atoms with Gasteiger partial charge < -0.3 is 10.8 Å². The third kappa shape index (κ3) is 4.64. The first-order valence-electron chi connectivity index (χ1n) is 4.39. The van der Waals surface area contributed by atoms with Crippen LogP contribution in [-0.4, -0.2) is 33.4 Å². The van der Waals surface area contributed by atoms with Crippen LogP contribution in [-0.2, 0) is 14.4 Å². The normalized spacial score (nSPS) is 11.9. The average molecular weight is 237 g/mol. The van der Waals surface area contributed by atoms with Crippen LogP contribution in [0.25, 0.3) is 0 Å². The van der Waals surface area contributed by atoms with E-state index in [2.05, 4.69) is 0 Å². The SMILES string of the molecule is CCC(=O)N(Cl)[C@@H](CCC(N)=O)C(=O)O. The zero-order valence-corrected chi connectivity index (χ0v) is 9.03. The second-order valence-corrected chi connectivity index (χ2v) is 3.28. The summed E-state index contributed by atoms with van der Waals surface area (Å²) in [6, 6.07) is -1.22. The van der Waals surface area contributed by atoms with Crippen LogP contribution in [0, 0.1) is 0 Å². The van der Waals surface area contributed by atoms with E-state index in [4.69, 9.17) is 22.6 Å². The van der Waals surface area contributed by atoms with Gasteiger partial charge >= 0.3 is 5.97 Å². The van der Waals surface area contributed by atoms with Gasteiger partial charge in [-0.05, 0) is 6.42 Å². The summed E-state index contributed by atoms with van der Waals surface area (Å²) in [4.78, 5) is 32.3. The molecule has 0 rings (SSSR count). The van der Waals surface area contributed by atoms with Gasteiger partial charge in [-0.15, -0.1) is 0 Å². The number of hydrogen-bond acceptors (Lipinski definition) is 3. The first-order chi connectivity index (χ1) is 6.90. The number of aliphatic carboxylic acids is 1. The number of halogens is 1. The Balaban J connectivity index is 4.45. The molecule has 0 aromatic heterocycles. The van der Waals surface area contributed by atoms with E-state index in [1.54, 1.807) is 6.92 Å². The number of amides is 2. The van der Waals surface area contributed by atoms with Gasteiger partial charge in [0.15, 0.2) is 0 Å². The molecule has 0 heterocycles. The van der Waals surface area contributed by atoms with Crippen molar-refractivity contribution < 1.29 is 19.5 Å². The molecule has 0 aliphatic rings. The molecule has 6 nitrogen and oxygen atoms in total. The molecule has 2 amide bonds. The molecule has 0 bridgehead atoms. The van der Waals surface area contributed by atoms with Crippen molar-refractivity contribution >= 4 is 29.6 Å². The number of carbonyl (C=O) groups is 3. The molecule has 7 heteroatoms. The Morgan fingerprint density at radius 1 is 1.47 bits per heavy atom. The molecule has 1 atom stereocenters. The van der Waals surface area contributed by atoms with E-state index < -0.39 is 23.8 Å². The lowest BCUT2D eigenvalue weighted by molar-refractivity contribution is -0.146. The molecule has 15 heavy (non-hydrogen) atoms. The van der Waals surface area contributed by atoms with Crippen LogP contribution in [0.5, 0.6) is 0 Å². The molecular formula is C8H13ClN2O4. The zero-order chi connectivity index (χ0) is 12.0. The average Bonchev–Trinajstić information content (AvgIpc) is 2.15. The van der Waals surface area contributed by atoms with E-state index in [0.29, 0.717) is 4.42 Å². The summed E-state index contributed by atoms with van der Waals surface area (Å²) in [5.74, 6) is -2.39. The van der Waals surface area contributed by atoms with Crippen molar-refractivity contribution in [3.63, 3.8) is 0 Å². The number of carbonyl (C=O) groups excluding carboxylic acids is 2. The third-order valence-corrected chi connectivity index (χ3v) is 2.19. The molecule has 0 fully saturated rings. The summed E-state index contributed by atoms with van der Waals surface area (Å²) in [5, 5.41) is 8.77. The smallest absolute Gasteiger partial charge is 0.327 e. The first-order valence-corrected chi connectivity index (χ1v) is 4.72. The van der Waals surface area contributed by atoms with E-state index in [1.807, 2.05) is 0 Å². The summed E-state index contributed by atoms with van der Waals surface area (Å²) < 4.78 is 0.602. The maximum absolute atomic E-state index is 11.1. The van der Waals surface area contributed by atoms with Gasteiger partial charge in [-0.1, -0.05) is 6.92 Å². The van der Waals surface area contributed by atoms with Crippen LogP contribution in [0.1, 0.15) is 26.2 Å². The van der Waals surface area contributed by atoms with Crippen LogP contribution in [0.3, 0.4) is 0 Å². The minimum Gasteiger partial charge on any atom is -0.480 e. The summed E-state index contributed by atoms with van der Waals surface area (Å²) in [6.07, 6.45) is -0.110. The summed E-state index contributed by atoms with van der Waals surface area (Å²) in [5.41, 5.74) is 4.87. The molecule has 0 spiro atoms. The standard InChI is InChI=1S/C8H13ClN2O4/c1-2-7(13)11(9)5(8(14)15)3-4-6(10)12/h5H,2-4H2,1H3,(H2,10,12)(H,14,15)/t5-/m0/s1. The van der Waals surface area contributed by atoms with E-state index in [1.165, 1.54) is 0 Å². The fourth-order valence-corrected chi connectivity index (χ4v) is 1.24. The lowest BCUT2D eigenvalue weighted by Gasteiger charge is -2.20. The van der Waals surface area contributed by atoms with Crippen LogP contribution in [0.4, 0.5) is 0 Å². The largest absolute Gasteiger partial charge is 0.480 e. The van der Waals surface area contributed by atoms with E-state index in [0.717, 1.165) is 0 Å². The van der Waals surface area contributed by atoms with Crippen molar-refractivity contribution in [3.8, 4) is 0 Å². The van der Waals surface area contributed by atoms with Crippen molar-refractivity contribution in [1.29, 1.82) is 0 Å². The van der Waals surface area contributed by atoms with Gasteiger partial charge in [0.2, 0.25) is 11.8 Å². The minimum absolute atomic E-state index is 0.0834.